The van der Waals surface area contributed by atoms with Gasteiger partial charge in [-0.3, -0.25) is 9.59 Å². The number of esters is 2. The Morgan fingerprint density at radius 3 is 1.64 bits per heavy atom. The van der Waals surface area contributed by atoms with Crippen LogP contribution in [0, 0.1) is 0 Å². The molecule has 2 unspecified atom stereocenters. The van der Waals surface area contributed by atoms with E-state index in [1.165, 1.54) is 25.7 Å². The summed E-state index contributed by atoms with van der Waals surface area (Å²) in [7, 11) is 5.50. The van der Waals surface area contributed by atoms with Crippen LogP contribution in [0.1, 0.15) is 136 Å². The third kappa shape index (κ3) is 26.2. The molecule has 8 nitrogen and oxygen atoms in total. The number of hydrogen-bond acceptors (Lipinski definition) is 6. The summed E-state index contributed by atoms with van der Waals surface area (Å²) in [5, 5.41) is 9.54. The van der Waals surface area contributed by atoms with Gasteiger partial charge in [0.05, 0.1) is 34.4 Å². The molecule has 0 saturated heterocycles. The number of allylic oxidation sites excluding steroid dienone is 4. The van der Waals surface area contributed by atoms with Crippen molar-refractivity contribution in [2.45, 2.75) is 148 Å². The quantitative estimate of drug-likeness (QED) is 0.0372. The molecule has 0 fully saturated rings. The van der Waals surface area contributed by atoms with Gasteiger partial charge in [0.15, 0.2) is 12.1 Å². The van der Waals surface area contributed by atoms with E-state index in [1.54, 1.807) is 0 Å². The number of carbonyl (C=O) groups excluding carboxylic acids is 2. The Bertz CT molecular complexity index is 788. The van der Waals surface area contributed by atoms with E-state index >= 15 is 0 Å². The monoisotopic (exact) mass is 624 g/mol. The number of carboxylic acids is 1. The molecule has 256 valence electrons. The van der Waals surface area contributed by atoms with Crippen molar-refractivity contribution in [1.29, 1.82) is 0 Å². The number of carbonyl (C=O) groups is 3. The van der Waals surface area contributed by atoms with Crippen molar-refractivity contribution < 1.29 is 38.2 Å². The zero-order valence-corrected chi connectivity index (χ0v) is 28.9. The summed E-state index contributed by atoms with van der Waals surface area (Å²) in [5.74, 6) is -1.50. The number of unbranched alkanes of at least 4 members (excludes halogenated alkanes) is 12. The SMILES string of the molecule is CCC/C=C\CCCCCCCC(=O)OCC(COCCC(C(=O)O)[N+](C)(C)C)OC(=O)CCCCCCC/C=C\CCC. The Hall–Kier alpha value is -2.19. The van der Waals surface area contributed by atoms with Gasteiger partial charge in [0.25, 0.3) is 0 Å². The summed E-state index contributed by atoms with van der Waals surface area (Å²) in [5.41, 5.74) is 0. The summed E-state index contributed by atoms with van der Waals surface area (Å²) >= 11 is 0. The van der Waals surface area contributed by atoms with Crippen LogP contribution in [0.5, 0.6) is 0 Å². The fourth-order valence-corrected chi connectivity index (χ4v) is 4.80. The number of carboxylic acid groups (broad SMARTS) is 1. The largest absolute Gasteiger partial charge is 0.477 e. The molecule has 0 aliphatic rings. The van der Waals surface area contributed by atoms with E-state index in [0.717, 1.165) is 77.0 Å². The standard InChI is InChI=1S/C36H65NO7/c1-6-8-10-12-14-16-18-20-22-24-26-34(38)43-31-32(30-42-29-28-33(36(40)41)37(3,4)5)44-35(39)27-25-23-21-19-17-15-13-11-9-7-2/h10-13,32-33H,6-9,14-31H2,1-5H3/p+1/b12-10-,13-11-. The van der Waals surface area contributed by atoms with Gasteiger partial charge in [-0.1, -0.05) is 89.5 Å². The van der Waals surface area contributed by atoms with Crippen molar-refractivity contribution >= 4 is 17.9 Å². The second-order valence-electron chi connectivity index (χ2n) is 12.8. The van der Waals surface area contributed by atoms with E-state index < -0.39 is 18.1 Å². The second-order valence-corrected chi connectivity index (χ2v) is 12.8. The molecule has 0 aliphatic carbocycles. The minimum absolute atomic E-state index is 0.0563. The van der Waals surface area contributed by atoms with Gasteiger partial charge in [-0.15, -0.1) is 0 Å². The third-order valence-electron chi connectivity index (χ3n) is 7.54. The molecule has 0 heterocycles. The van der Waals surface area contributed by atoms with Crippen LogP contribution in [0.2, 0.25) is 0 Å². The summed E-state index contributed by atoms with van der Waals surface area (Å²) in [6.07, 6.45) is 26.5. The number of hydrogen-bond donors (Lipinski definition) is 1. The van der Waals surface area contributed by atoms with Crippen molar-refractivity contribution in [3.63, 3.8) is 0 Å². The Balaban J connectivity index is 4.50. The van der Waals surface area contributed by atoms with Crippen molar-refractivity contribution in [3.05, 3.63) is 24.3 Å². The number of likely N-dealkylation sites (N-methyl/N-ethyl adjacent to an activating group) is 1. The molecule has 0 aliphatic heterocycles. The van der Waals surface area contributed by atoms with Crippen LogP contribution in [-0.2, 0) is 28.6 Å². The molecule has 0 aromatic heterocycles. The van der Waals surface area contributed by atoms with E-state index in [9.17, 15) is 19.5 Å². The highest BCUT2D eigenvalue weighted by atomic mass is 16.6. The van der Waals surface area contributed by atoms with Crippen LogP contribution in [0.15, 0.2) is 24.3 Å². The van der Waals surface area contributed by atoms with E-state index in [2.05, 4.69) is 38.2 Å². The maximum Gasteiger partial charge on any atom is 0.362 e. The summed E-state index contributed by atoms with van der Waals surface area (Å²) < 4.78 is 17.1. The molecule has 44 heavy (non-hydrogen) atoms. The van der Waals surface area contributed by atoms with Crippen LogP contribution in [0.4, 0.5) is 0 Å². The normalized spacial score (nSPS) is 13.4. The number of quaternary nitrogens is 1. The van der Waals surface area contributed by atoms with Gasteiger partial charge in [-0.25, -0.2) is 4.79 Å². The summed E-state index contributed by atoms with van der Waals surface area (Å²) in [4.78, 5) is 36.6. The topological polar surface area (TPSA) is 99.1 Å². The molecule has 8 heteroatoms. The fourth-order valence-electron chi connectivity index (χ4n) is 4.80. The first-order chi connectivity index (χ1) is 21.1. The van der Waals surface area contributed by atoms with E-state index in [1.807, 2.05) is 21.1 Å². The Labute approximate surface area is 269 Å². The molecule has 0 radical (unpaired) electrons. The van der Waals surface area contributed by atoms with E-state index in [-0.39, 0.29) is 36.2 Å². The van der Waals surface area contributed by atoms with Crippen molar-refractivity contribution in [2.75, 3.05) is 41.0 Å². The lowest BCUT2D eigenvalue weighted by Gasteiger charge is -2.31. The maximum absolute atomic E-state index is 12.6. The fraction of sp³-hybridized carbons (Fsp3) is 0.806. The highest BCUT2D eigenvalue weighted by molar-refractivity contribution is 5.72. The Kier molecular flexibility index (Phi) is 26.9. The Morgan fingerprint density at radius 1 is 0.659 bits per heavy atom. The molecular formula is C36H66NO7+. The number of rotatable bonds is 30. The average Bonchev–Trinajstić information content (AvgIpc) is 2.96. The third-order valence-corrected chi connectivity index (χ3v) is 7.54. The summed E-state index contributed by atoms with van der Waals surface area (Å²) in [6.45, 7) is 4.57. The molecule has 0 amide bonds. The number of aliphatic carboxylic acids is 1. The lowest BCUT2D eigenvalue weighted by atomic mass is 10.1. The van der Waals surface area contributed by atoms with Gasteiger partial charge < -0.3 is 23.8 Å². The average molecular weight is 625 g/mol. The van der Waals surface area contributed by atoms with Gasteiger partial charge in [0.1, 0.15) is 6.61 Å². The predicted molar refractivity (Wildman–Crippen MR) is 178 cm³/mol. The molecule has 0 rings (SSSR count). The zero-order chi connectivity index (χ0) is 32.9. The highest BCUT2D eigenvalue weighted by Crippen LogP contribution is 2.12. The molecule has 0 spiro atoms. The van der Waals surface area contributed by atoms with E-state index in [0.29, 0.717) is 19.3 Å². The Morgan fingerprint density at radius 2 is 1.14 bits per heavy atom. The number of ether oxygens (including phenoxy) is 3. The van der Waals surface area contributed by atoms with Gasteiger partial charge in [0.2, 0.25) is 0 Å². The first-order valence-electron chi connectivity index (χ1n) is 17.4. The highest BCUT2D eigenvalue weighted by Gasteiger charge is 2.31. The minimum Gasteiger partial charge on any atom is -0.477 e. The zero-order valence-electron chi connectivity index (χ0n) is 28.9. The van der Waals surface area contributed by atoms with Crippen LogP contribution < -0.4 is 0 Å². The maximum atomic E-state index is 12.6. The predicted octanol–water partition coefficient (Wildman–Crippen LogP) is 8.18. The molecular weight excluding hydrogens is 558 g/mol. The van der Waals surface area contributed by atoms with Gasteiger partial charge in [-0.2, -0.15) is 0 Å². The second kappa shape index (κ2) is 28.3. The number of nitrogens with zero attached hydrogens (tertiary/aromatic N) is 1. The van der Waals surface area contributed by atoms with Crippen molar-refractivity contribution in [3.8, 4) is 0 Å². The minimum atomic E-state index is -0.880. The molecule has 0 saturated carbocycles. The molecule has 0 aromatic carbocycles. The smallest absolute Gasteiger partial charge is 0.362 e. The van der Waals surface area contributed by atoms with Crippen molar-refractivity contribution in [2.24, 2.45) is 0 Å². The van der Waals surface area contributed by atoms with Gasteiger partial charge in [-0.05, 0) is 51.4 Å². The first-order valence-corrected chi connectivity index (χ1v) is 17.4. The lowest BCUT2D eigenvalue weighted by Crippen LogP contribution is -2.50. The van der Waals surface area contributed by atoms with Crippen molar-refractivity contribution in [1.82, 2.24) is 0 Å². The molecule has 2 atom stereocenters. The van der Waals surface area contributed by atoms with Gasteiger partial charge in [0, 0.05) is 19.3 Å². The van der Waals surface area contributed by atoms with E-state index in [4.69, 9.17) is 14.2 Å². The van der Waals surface area contributed by atoms with Crippen LogP contribution in [-0.4, -0.2) is 80.6 Å². The molecule has 0 aromatic rings. The summed E-state index contributed by atoms with van der Waals surface area (Å²) in [6, 6.07) is -0.612. The lowest BCUT2D eigenvalue weighted by molar-refractivity contribution is -0.887. The van der Waals surface area contributed by atoms with Gasteiger partial charge >= 0.3 is 17.9 Å². The van der Waals surface area contributed by atoms with Crippen LogP contribution in [0.25, 0.3) is 0 Å². The first kappa shape index (κ1) is 41.8. The molecule has 1 N–H and O–H groups in total. The van der Waals surface area contributed by atoms with Crippen LogP contribution >= 0.6 is 0 Å². The van der Waals surface area contributed by atoms with Crippen LogP contribution in [0.3, 0.4) is 0 Å². The molecule has 0 bridgehead atoms.